The highest BCUT2D eigenvalue weighted by Gasteiger charge is 2.60. The van der Waals surface area contributed by atoms with Crippen molar-refractivity contribution in [2.45, 2.75) is 24.9 Å². The molecule has 1 unspecified atom stereocenters. The molecule has 1 aromatic carbocycles. The van der Waals surface area contributed by atoms with Gasteiger partial charge >= 0.3 is 6.09 Å². The number of hydrogen-bond donors (Lipinski definition) is 1. The lowest BCUT2D eigenvalue weighted by molar-refractivity contribution is -0.122. The molecule has 0 aromatic heterocycles. The third-order valence-corrected chi connectivity index (χ3v) is 7.58. The van der Waals surface area contributed by atoms with Crippen LogP contribution < -0.4 is 10.2 Å². The maximum Gasteiger partial charge on any atom is 0.414 e. The predicted molar refractivity (Wildman–Crippen MR) is 97.3 cm³/mol. The molecule has 4 aliphatic rings. The zero-order valence-corrected chi connectivity index (χ0v) is 15.5. The average molecular weight is 392 g/mol. The average Bonchev–Trinajstić information content (AvgIpc) is 3.52. The maximum absolute atomic E-state index is 14.7. The van der Waals surface area contributed by atoms with Crippen LogP contribution in [0, 0.1) is 23.6 Å². The largest absolute Gasteiger partial charge is 0.616 e. The fourth-order valence-electron chi connectivity index (χ4n) is 4.36. The zero-order chi connectivity index (χ0) is 18.7. The van der Waals surface area contributed by atoms with Crippen molar-refractivity contribution >= 4 is 28.9 Å². The van der Waals surface area contributed by atoms with E-state index in [0.29, 0.717) is 34.6 Å². The lowest BCUT2D eigenvalue weighted by Crippen LogP contribution is -2.35. The number of ether oxygens (including phenoxy) is 1. The highest BCUT2D eigenvalue weighted by molar-refractivity contribution is 7.91. The standard InChI is InChI=1S/C19H21FN2O4S/c20-16-5-11(3-4-13(16)17-14-8-27(25)9-15(14)17)22-7-12(26-19(22)24)6-21-18(23)10-1-2-10/h3-5,10,12,14-15,17H,1-2,6-9H2,(H,21,23)/t12-,14-,15+,17+,27?/m0/s1. The van der Waals surface area contributed by atoms with Crippen molar-refractivity contribution in [3.05, 3.63) is 29.6 Å². The third-order valence-electron chi connectivity index (χ3n) is 6.07. The molecule has 144 valence electrons. The lowest BCUT2D eigenvalue weighted by Gasteiger charge is -2.15. The summed E-state index contributed by atoms with van der Waals surface area (Å²) in [5, 5.41) is 2.81. The fourth-order valence-corrected chi connectivity index (χ4v) is 6.26. The van der Waals surface area contributed by atoms with Crippen LogP contribution in [0.4, 0.5) is 14.9 Å². The van der Waals surface area contributed by atoms with Crippen molar-refractivity contribution in [2.24, 2.45) is 17.8 Å². The molecule has 5 rings (SSSR count). The van der Waals surface area contributed by atoms with E-state index in [1.165, 1.54) is 11.0 Å². The van der Waals surface area contributed by atoms with Crippen molar-refractivity contribution in [1.82, 2.24) is 5.32 Å². The highest BCUT2D eigenvalue weighted by atomic mass is 32.2. The van der Waals surface area contributed by atoms with Crippen molar-refractivity contribution in [3.8, 4) is 0 Å². The molecule has 5 atom stereocenters. The van der Waals surface area contributed by atoms with E-state index < -0.39 is 23.4 Å². The number of benzene rings is 1. The summed E-state index contributed by atoms with van der Waals surface area (Å²) in [6, 6.07) is 4.87. The highest BCUT2D eigenvalue weighted by Crippen LogP contribution is 2.59. The molecule has 2 amide bonds. The molecular weight excluding hydrogens is 371 g/mol. The Bertz CT molecular complexity index is 790. The second-order valence-corrected chi connectivity index (χ2v) is 9.51. The van der Waals surface area contributed by atoms with Crippen molar-refractivity contribution in [3.63, 3.8) is 0 Å². The smallest absolute Gasteiger partial charge is 0.414 e. The molecule has 2 aliphatic carbocycles. The number of halogens is 1. The molecule has 6 nitrogen and oxygen atoms in total. The van der Waals surface area contributed by atoms with E-state index in [4.69, 9.17) is 4.74 Å². The Balaban J connectivity index is 1.23. The topological polar surface area (TPSA) is 81.7 Å². The van der Waals surface area contributed by atoms with E-state index >= 15 is 0 Å². The van der Waals surface area contributed by atoms with Gasteiger partial charge in [-0.1, -0.05) is 17.2 Å². The van der Waals surface area contributed by atoms with Crippen LogP contribution in [0.2, 0.25) is 0 Å². The Kier molecular flexibility index (Phi) is 4.09. The van der Waals surface area contributed by atoms with Crippen LogP contribution in [0.3, 0.4) is 0 Å². The van der Waals surface area contributed by atoms with Crippen molar-refractivity contribution in [2.75, 3.05) is 29.5 Å². The van der Waals surface area contributed by atoms with Gasteiger partial charge in [0, 0.05) is 23.7 Å². The second kappa shape index (κ2) is 6.38. The Labute approximate surface area is 159 Å². The molecule has 4 fully saturated rings. The van der Waals surface area contributed by atoms with Crippen LogP contribution in [0.15, 0.2) is 18.2 Å². The van der Waals surface area contributed by atoms with Crippen LogP contribution in [0.1, 0.15) is 24.3 Å². The van der Waals surface area contributed by atoms with Gasteiger partial charge in [0.05, 0.1) is 18.8 Å². The van der Waals surface area contributed by atoms with E-state index in [0.717, 1.165) is 12.8 Å². The molecule has 1 N–H and O–H groups in total. The molecule has 27 heavy (non-hydrogen) atoms. The molecule has 0 spiro atoms. The van der Waals surface area contributed by atoms with Gasteiger partial charge in [0.15, 0.2) is 0 Å². The monoisotopic (exact) mass is 392 g/mol. The summed E-state index contributed by atoms with van der Waals surface area (Å²) >= 11 is -0.746. The fraction of sp³-hybridized carbons (Fsp3) is 0.579. The Morgan fingerprint density at radius 1 is 1.33 bits per heavy atom. The van der Waals surface area contributed by atoms with Crippen molar-refractivity contribution < 1.29 is 23.3 Å². The van der Waals surface area contributed by atoms with Crippen LogP contribution in [-0.2, 0) is 20.7 Å². The van der Waals surface area contributed by atoms with E-state index in [9.17, 15) is 18.5 Å². The molecule has 2 aliphatic heterocycles. The number of anilines is 1. The summed E-state index contributed by atoms with van der Waals surface area (Å²) in [7, 11) is 0. The van der Waals surface area contributed by atoms with E-state index in [2.05, 4.69) is 5.32 Å². The second-order valence-electron chi connectivity index (χ2n) is 7.97. The number of cyclic esters (lactones) is 1. The summed E-state index contributed by atoms with van der Waals surface area (Å²) in [5.74, 6) is 1.97. The first kappa shape index (κ1) is 17.3. The molecular formula is C19H21FN2O4S. The minimum atomic E-state index is -0.746. The quantitative estimate of drug-likeness (QED) is 0.775. The summed E-state index contributed by atoms with van der Waals surface area (Å²) in [6.07, 6.45) is 0.895. The number of nitrogens with one attached hydrogen (secondary N) is 1. The van der Waals surface area contributed by atoms with Gasteiger partial charge in [-0.05, 0) is 30.5 Å². The van der Waals surface area contributed by atoms with E-state index in [-0.39, 0.29) is 36.6 Å². The summed E-state index contributed by atoms with van der Waals surface area (Å²) in [6.45, 7) is 0.566. The number of amides is 2. The number of rotatable bonds is 5. The Morgan fingerprint density at radius 3 is 2.74 bits per heavy atom. The van der Waals surface area contributed by atoms with Crippen molar-refractivity contribution in [1.29, 1.82) is 0 Å². The molecule has 8 heteroatoms. The minimum absolute atomic E-state index is 0.0100. The van der Waals surface area contributed by atoms with Gasteiger partial charge in [-0.15, -0.1) is 0 Å². The predicted octanol–water partition coefficient (Wildman–Crippen LogP) is 1.77. The summed E-state index contributed by atoms with van der Waals surface area (Å²) in [4.78, 5) is 25.3. The van der Waals surface area contributed by atoms with E-state index in [1.54, 1.807) is 12.1 Å². The zero-order valence-electron chi connectivity index (χ0n) is 14.7. The third kappa shape index (κ3) is 3.18. The number of nitrogens with zero attached hydrogens (tertiary/aromatic N) is 1. The SMILES string of the molecule is O=C(NC[C@H]1CN(c2ccc([C@H]3[C@@H]4C[S+]([O-])C[C@@H]43)c(F)c2)C(=O)O1)C1CC1. The Hall–Kier alpha value is -1.80. The van der Waals surface area contributed by atoms with Crippen LogP contribution in [0.25, 0.3) is 0 Å². The van der Waals surface area contributed by atoms with Gasteiger partial charge in [0.25, 0.3) is 0 Å². The van der Waals surface area contributed by atoms with Crippen LogP contribution in [-0.4, -0.2) is 47.3 Å². The first-order valence-corrected chi connectivity index (χ1v) is 10.9. The van der Waals surface area contributed by atoms with Gasteiger partial charge in [0.1, 0.15) is 23.4 Å². The number of fused-ring (bicyclic) bond motifs is 1. The lowest BCUT2D eigenvalue weighted by atomic mass is 10.1. The molecule has 0 bridgehead atoms. The van der Waals surface area contributed by atoms with E-state index in [1.807, 2.05) is 0 Å². The van der Waals surface area contributed by atoms with Gasteiger partial charge in [-0.3, -0.25) is 9.69 Å². The summed E-state index contributed by atoms with van der Waals surface area (Å²) in [5.41, 5.74) is 1.12. The number of carbonyl (C=O) groups is 2. The number of carbonyl (C=O) groups excluding carboxylic acids is 2. The molecule has 2 saturated carbocycles. The van der Waals surface area contributed by atoms with Gasteiger partial charge in [-0.2, -0.15) is 0 Å². The maximum atomic E-state index is 14.7. The summed E-state index contributed by atoms with van der Waals surface area (Å²) < 4.78 is 31.5. The number of hydrogen-bond acceptors (Lipinski definition) is 4. The molecule has 0 radical (unpaired) electrons. The first-order valence-electron chi connectivity index (χ1n) is 9.41. The normalized spacial score (nSPS) is 34.4. The first-order chi connectivity index (χ1) is 13.0. The molecule has 2 saturated heterocycles. The van der Waals surface area contributed by atoms with Crippen LogP contribution in [0.5, 0.6) is 0 Å². The van der Waals surface area contributed by atoms with Gasteiger partial charge in [0.2, 0.25) is 5.91 Å². The molecule has 1 aromatic rings. The Morgan fingerprint density at radius 2 is 2.07 bits per heavy atom. The van der Waals surface area contributed by atoms with Gasteiger partial charge in [-0.25, -0.2) is 9.18 Å². The van der Waals surface area contributed by atoms with Gasteiger partial charge < -0.3 is 14.6 Å². The molecule has 2 heterocycles. The minimum Gasteiger partial charge on any atom is -0.616 e. The van der Waals surface area contributed by atoms with Crippen LogP contribution >= 0.6 is 0 Å².